The average Bonchev–Trinajstić information content (AvgIpc) is 3.09. The number of aromatic nitrogens is 5. The van der Waals surface area contributed by atoms with Crippen molar-refractivity contribution in [1.29, 1.82) is 0 Å². The third kappa shape index (κ3) is 3.15. The summed E-state index contributed by atoms with van der Waals surface area (Å²) in [7, 11) is 0. The molecule has 3 aromatic rings. The summed E-state index contributed by atoms with van der Waals surface area (Å²) in [4.78, 5) is 8.24. The number of pyridine rings is 1. The zero-order valence-corrected chi connectivity index (χ0v) is 13.9. The van der Waals surface area contributed by atoms with E-state index in [0.717, 1.165) is 24.6 Å². The Hall–Kier alpha value is -3.03. The lowest BCUT2D eigenvalue weighted by molar-refractivity contribution is 0.586. The molecule has 128 valence electrons. The summed E-state index contributed by atoms with van der Waals surface area (Å²) in [5.41, 5.74) is 0.934. The maximum absolute atomic E-state index is 13.9. The molecule has 8 heteroatoms. The van der Waals surface area contributed by atoms with Crippen molar-refractivity contribution in [2.24, 2.45) is 0 Å². The Morgan fingerprint density at radius 3 is 2.28 bits per heavy atom. The summed E-state index contributed by atoms with van der Waals surface area (Å²) in [6.45, 7) is 4.80. The fraction of sp³-hybridized carbons (Fsp3) is 0.294. The maximum Gasteiger partial charge on any atom is 0.175 e. The molecular formula is C17H18FN7. The first kappa shape index (κ1) is 15.5. The van der Waals surface area contributed by atoms with E-state index in [-0.39, 0.29) is 5.82 Å². The number of anilines is 2. The van der Waals surface area contributed by atoms with Gasteiger partial charge in [-0.2, -0.15) is 5.10 Å². The molecule has 0 aromatic carbocycles. The van der Waals surface area contributed by atoms with E-state index in [0.29, 0.717) is 24.7 Å². The van der Waals surface area contributed by atoms with Crippen LogP contribution in [0.5, 0.6) is 0 Å². The second kappa shape index (κ2) is 6.46. The molecule has 0 saturated carbocycles. The van der Waals surface area contributed by atoms with Gasteiger partial charge in [-0.25, -0.2) is 14.1 Å². The van der Waals surface area contributed by atoms with Crippen LogP contribution in [0.25, 0.3) is 5.82 Å². The SMILES string of the molecule is Cc1ccn(-c2ccc(N3CCN(c4ncccc4F)CC3)nn2)n1. The zero-order chi connectivity index (χ0) is 17.2. The summed E-state index contributed by atoms with van der Waals surface area (Å²) in [5.74, 6) is 1.63. The van der Waals surface area contributed by atoms with Gasteiger partial charge >= 0.3 is 0 Å². The van der Waals surface area contributed by atoms with Crippen LogP contribution in [0.15, 0.2) is 42.7 Å². The van der Waals surface area contributed by atoms with Crippen LogP contribution in [-0.2, 0) is 0 Å². The second-order valence-electron chi connectivity index (χ2n) is 5.93. The van der Waals surface area contributed by atoms with Gasteiger partial charge in [-0.1, -0.05) is 0 Å². The fourth-order valence-corrected chi connectivity index (χ4v) is 2.91. The van der Waals surface area contributed by atoms with Crippen LogP contribution < -0.4 is 9.80 Å². The molecule has 1 aliphatic rings. The highest BCUT2D eigenvalue weighted by molar-refractivity contribution is 5.45. The molecule has 0 spiro atoms. The van der Waals surface area contributed by atoms with E-state index < -0.39 is 0 Å². The number of hydrogen-bond donors (Lipinski definition) is 0. The zero-order valence-electron chi connectivity index (χ0n) is 13.9. The smallest absolute Gasteiger partial charge is 0.175 e. The van der Waals surface area contributed by atoms with Crippen molar-refractivity contribution in [2.45, 2.75) is 6.92 Å². The summed E-state index contributed by atoms with van der Waals surface area (Å²) in [5, 5.41) is 12.9. The van der Waals surface area contributed by atoms with Crippen LogP contribution in [0.4, 0.5) is 16.0 Å². The number of rotatable bonds is 3. The Balaban J connectivity index is 1.43. The number of piperazine rings is 1. The molecule has 0 radical (unpaired) electrons. The van der Waals surface area contributed by atoms with E-state index >= 15 is 0 Å². The fourth-order valence-electron chi connectivity index (χ4n) is 2.91. The van der Waals surface area contributed by atoms with Crippen LogP contribution in [0.2, 0.25) is 0 Å². The molecule has 3 aromatic heterocycles. The largest absolute Gasteiger partial charge is 0.352 e. The first-order valence-corrected chi connectivity index (χ1v) is 8.17. The van der Waals surface area contributed by atoms with Gasteiger partial charge in [-0.05, 0) is 37.3 Å². The van der Waals surface area contributed by atoms with Crippen molar-refractivity contribution in [3.8, 4) is 5.82 Å². The lowest BCUT2D eigenvalue weighted by atomic mass is 10.3. The molecule has 0 amide bonds. The molecule has 7 nitrogen and oxygen atoms in total. The van der Waals surface area contributed by atoms with Crippen molar-refractivity contribution in [3.05, 3.63) is 54.2 Å². The van der Waals surface area contributed by atoms with E-state index in [1.54, 1.807) is 16.9 Å². The Morgan fingerprint density at radius 2 is 1.64 bits per heavy atom. The third-order valence-electron chi connectivity index (χ3n) is 4.24. The predicted molar refractivity (Wildman–Crippen MR) is 92.5 cm³/mol. The van der Waals surface area contributed by atoms with Crippen LogP contribution >= 0.6 is 0 Å². The van der Waals surface area contributed by atoms with E-state index in [1.807, 2.05) is 36.2 Å². The van der Waals surface area contributed by atoms with Gasteiger partial charge in [-0.15, -0.1) is 10.2 Å². The molecule has 1 saturated heterocycles. The molecule has 0 atom stereocenters. The summed E-state index contributed by atoms with van der Waals surface area (Å²) < 4.78 is 15.6. The van der Waals surface area contributed by atoms with Crippen molar-refractivity contribution in [2.75, 3.05) is 36.0 Å². The molecule has 0 N–H and O–H groups in total. The molecule has 1 aliphatic heterocycles. The van der Waals surface area contributed by atoms with E-state index in [1.165, 1.54) is 6.07 Å². The normalized spacial score (nSPS) is 14.8. The van der Waals surface area contributed by atoms with Gasteiger partial charge in [0.2, 0.25) is 0 Å². The van der Waals surface area contributed by atoms with Crippen LogP contribution in [0.3, 0.4) is 0 Å². The summed E-state index contributed by atoms with van der Waals surface area (Å²) >= 11 is 0. The monoisotopic (exact) mass is 339 g/mol. The van der Waals surface area contributed by atoms with Crippen LogP contribution in [-0.4, -0.2) is 51.1 Å². The minimum absolute atomic E-state index is 0.283. The average molecular weight is 339 g/mol. The topological polar surface area (TPSA) is 63.0 Å². The standard InChI is InChI=1S/C17H18FN7/c1-13-6-8-25(22-13)16-5-4-15(20-21-16)23-9-11-24(12-10-23)17-14(18)3-2-7-19-17/h2-8H,9-12H2,1H3. The molecule has 0 bridgehead atoms. The molecule has 25 heavy (non-hydrogen) atoms. The first-order chi connectivity index (χ1) is 12.2. The molecule has 0 aliphatic carbocycles. The van der Waals surface area contributed by atoms with Crippen molar-refractivity contribution < 1.29 is 4.39 Å². The number of nitrogens with zero attached hydrogens (tertiary/aromatic N) is 7. The van der Waals surface area contributed by atoms with Gasteiger partial charge in [0.1, 0.15) is 0 Å². The summed E-state index contributed by atoms with van der Waals surface area (Å²) in [6, 6.07) is 8.81. The van der Waals surface area contributed by atoms with Crippen molar-refractivity contribution in [3.63, 3.8) is 0 Å². The number of halogens is 1. The van der Waals surface area contributed by atoms with E-state index in [9.17, 15) is 4.39 Å². The molecule has 4 heterocycles. The van der Waals surface area contributed by atoms with Crippen molar-refractivity contribution in [1.82, 2.24) is 25.0 Å². The van der Waals surface area contributed by atoms with E-state index in [2.05, 4.69) is 25.2 Å². The Morgan fingerprint density at radius 1 is 0.920 bits per heavy atom. The van der Waals surface area contributed by atoms with Gasteiger partial charge in [-0.3, -0.25) is 0 Å². The Kier molecular flexibility index (Phi) is 4.01. The van der Waals surface area contributed by atoms with Gasteiger partial charge in [0.05, 0.1) is 5.69 Å². The first-order valence-electron chi connectivity index (χ1n) is 8.17. The molecule has 0 unspecified atom stereocenters. The van der Waals surface area contributed by atoms with Crippen LogP contribution in [0.1, 0.15) is 5.69 Å². The van der Waals surface area contributed by atoms with Gasteiger partial charge in [0.25, 0.3) is 0 Å². The Labute approximate surface area is 144 Å². The number of aryl methyl sites for hydroxylation is 1. The highest BCUT2D eigenvalue weighted by Crippen LogP contribution is 2.19. The lowest BCUT2D eigenvalue weighted by Crippen LogP contribution is -2.47. The predicted octanol–water partition coefficient (Wildman–Crippen LogP) is 1.83. The quantitative estimate of drug-likeness (QED) is 0.725. The highest BCUT2D eigenvalue weighted by Gasteiger charge is 2.21. The third-order valence-corrected chi connectivity index (χ3v) is 4.24. The number of hydrogen-bond acceptors (Lipinski definition) is 6. The second-order valence-corrected chi connectivity index (χ2v) is 5.93. The minimum atomic E-state index is -0.283. The Bertz CT molecular complexity index is 853. The van der Waals surface area contributed by atoms with Gasteiger partial charge in [0.15, 0.2) is 23.3 Å². The van der Waals surface area contributed by atoms with Gasteiger partial charge < -0.3 is 9.80 Å². The van der Waals surface area contributed by atoms with E-state index in [4.69, 9.17) is 0 Å². The maximum atomic E-state index is 13.9. The lowest BCUT2D eigenvalue weighted by Gasteiger charge is -2.35. The minimum Gasteiger partial charge on any atom is -0.352 e. The molecular weight excluding hydrogens is 321 g/mol. The molecule has 1 fully saturated rings. The van der Waals surface area contributed by atoms with Crippen molar-refractivity contribution >= 4 is 11.6 Å². The summed E-state index contributed by atoms with van der Waals surface area (Å²) in [6.07, 6.45) is 3.48. The van der Waals surface area contributed by atoms with Gasteiger partial charge in [0, 0.05) is 38.6 Å². The molecule has 4 rings (SSSR count). The van der Waals surface area contributed by atoms with Crippen LogP contribution in [0, 0.1) is 12.7 Å². The highest BCUT2D eigenvalue weighted by atomic mass is 19.1.